The lowest BCUT2D eigenvalue weighted by Gasteiger charge is -1.98. The van der Waals surface area contributed by atoms with Crippen LogP contribution in [0.25, 0.3) is 10.9 Å². The molecule has 0 fully saturated rings. The van der Waals surface area contributed by atoms with Gasteiger partial charge in [0.1, 0.15) is 0 Å². The largest absolute Gasteiger partial charge is 0.355 e. The Bertz CT molecular complexity index is 651. The summed E-state index contributed by atoms with van der Waals surface area (Å²) in [6.45, 7) is 0. The van der Waals surface area contributed by atoms with Gasteiger partial charge in [-0.05, 0) is 6.07 Å². The predicted octanol–water partition coefficient (Wildman–Crippen LogP) is 1.71. The third-order valence-corrected chi connectivity index (χ3v) is 2.10. The van der Waals surface area contributed by atoms with Crippen molar-refractivity contribution in [3.63, 3.8) is 0 Å². The summed E-state index contributed by atoms with van der Waals surface area (Å²) in [5.74, 6) is -2.35. The first-order valence-corrected chi connectivity index (χ1v) is 4.15. The van der Waals surface area contributed by atoms with E-state index in [9.17, 15) is 23.7 Å². The lowest BCUT2D eigenvalue weighted by molar-refractivity contribution is -0.386. The average Bonchev–Trinajstić information content (AvgIpc) is 2.21. The smallest absolute Gasteiger partial charge is 0.332 e. The lowest BCUT2D eigenvalue weighted by Crippen LogP contribution is -2.09. The van der Waals surface area contributed by atoms with Crippen molar-refractivity contribution in [1.29, 1.82) is 0 Å². The molecule has 1 heterocycles. The molecular formula is C9H4F2N2O3. The van der Waals surface area contributed by atoms with Crippen LogP contribution in [0, 0.1) is 21.7 Å². The molecule has 0 saturated heterocycles. The number of aromatic amines is 1. The zero-order valence-electron chi connectivity index (χ0n) is 7.66. The monoisotopic (exact) mass is 226 g/mol. The first-order valence-electron chi connectivity index (χ1n) is 4.15. The minimum absolute atomic E-state index is 0.00880. The number of hydrogen-bond donors (Lipinski definition) is 1. The van der Waals surface area contributed by atoms with Crippen LogP contribution in [0.5, 0.6) is 0 Å². The fourth-order valence-corrected chi connectivity index (χ4v) is 1.34. The molecule has 82 valence electrons. The van der Waals surface area contributed by atoms with Gasteiger partial charge < -0.3 is 4.98 Å². The van der Waals surface area contributed by atoms with E-state index in [1.807, 2.05) is 0 Å². The maximum atomic E-state index is 12.9. The molecule has 0 bridgehead atoms. The summed E-state index contributed by atoms with van der Waals surface area (Å²) < 4.78 is 25.7. The van der Waals surface area contributed by atoms with E-state index in [0.29, 0.717) is 6.07 Å². The molecular weight excluding hydrogens is 222 g/mol. The van der Waals surface area contributed by atoms with Crippen LogP contribution in [-0.2, 0) is 0 Å². The van der Waals surface area contributed by atoms with Crippen LogP contribution in [-0.4, -0.2) is 9.91 Å². The molecule has 2 aromatic rings. The number of halogens is 2. The third kappa shape index (κ3) is 1.42. The number of nitro groups is 1. The molecule has 5 nitrogen and oxygen atoms in total. The van der Waals surface area contributed by atoms with Gasteiger partial charge in [-0.2, -0.15) is 0 Å². The van der Waals surface area contributed by atoms with E-state index < -0.39 is 27.7 Å². The van der Waals surface area contributed by atoms with Crippen molar-refractivity contribution in [3.8, 4) is 0 Å². The summed E-state index contributed by atoms with van der Waals surface area (Å²) in [6.07, 6.45) is 0.849. The molecule has 0 spiro atoms. The Morgan fingerprint density at radius 3 is 2.50 bits per heavy atom. The first kappa shape index (κ1) is 10.2. The first-order chi connectivity index (χ1) is 7.50. The van der Waals surface area contributed by atoms with E-state index in [4.69, 9.17) is 0 Å². The summed E-state index contributed by atoms with van der Waals surface area (Å²) >= 11 is 0. The van der Waals surface area contributed by atoms with Crippen molar-refractivity contribution in [1.82, 2.24) is 4.98 Å². The van der Waals surface area contributed by atoms with Crippen LogP contribution in [0.15, 0.2) is 23.1 Å². The van der Waals surface area contributed by atoms with Crippen molar-refractivity contribution in [3.05, 3.63) is 50.3 Å². The predicted molar refractivity (Wildman–Crippen MR) is 51.1 cm³/mol. The second-order valence-electron chi connectivity index (χ2n) is 3.07. The highest BCUT2D eigenvalue weighted by Crippen LogP contribution is 2.15. The van der Waals surface area contributed by atoms with Crippen molar-refractivity contribution in [2.45, 2.75) is 0 Å². The molecule has 0 saturated carbocycles. The molecule has 16 heavy (non-hydrogen) atoms. The Morgan fingerprint density at radius 1 is 1.25 bits per heavy atom. The Kier molecular flexibility index (Phi) is 2.15. The van der Waals surface area contributed by atoms with E-state index in [-0.39, 0.29) is 10.9 Å². The topological polar surface area (TPSA) is 76.0 Å². The fraction of sp³-hybridized carbons (Fsp3) is 0. The summed E-state index contributed by atoms with van der Waals surface area (Å²) in [6, 6.07) is 1.41. The highest BCUT2D eigenvalue weighted by Gasteiger charge is 2.16. The van der Waals surface area contributed by atoms with Gasteiger partial charge in [0.2, 0.25) is 0 Å². The zero-order valence-corrected chi connectivity index (χ0v) is 7.66. The van der Waals surface area contributed by atoms with Gasteiger partial charge in [0.25, 0.3) is 5.43 Å². The number of aromatic nitrogens is 1. The quantitative estimate of drug-likeness (QED) is 0.594. The molecule has 0 aliphatic rings. The highest BCUT2D eigenvalue weighted by atomic mass is 19.2. The number of hydrogen-bond acceptors (Lipinski definition) is 3. The summed E-state index contributed by atoms with van der Waals surface area (Å²) in [5, 5.41) is 10.2. The number of nitrogens with one attached hydrogen (secondary N) is 1. The van der Waals surface area contributed by atoms with Crippen LogP contribution in [0.2, 0.25) is 0 Å². The van der Waals surface area contributed by atoms with Crippen molar-refractivity contribution < 1.29 is 13.7 Å². The summed E-state index contributed by atoms with van der Waals surface area (Å²) in [4.78, 5) is 23.4. The Labute approximate surface area is 86.5 Å². The number of rotatable bonds is 1. The molecule has 0 unspecified atom stereocenters. The van der Waals surface area contributed by atoms with Crippen LogP contribution < -0.4 is 5.43 Å². The number of fused-ring (bicyclic) bond motifs is 1. The van der Waals surface area contributed by atoms with E-state index in [0.717, 1.165) is 12.3 Å². The highest BCUT2D eigenvalue weighted by molar-refractivity contribution is 5.80. The van der Waals surface area contributed by atoms with Gasteiger partial charge in [0.05, 0.1) is 22.0 Å². The molecule has 7 heteroatoms. The SMILES string of the molecule is O=c1c([N+](=O)[O-])c[nH]c2cc(F)c(F)cc12. The van der Waals surface area contributed by atoms with E-state index in [2.05, 4.69) is 4.98 Å². The Morgan fingerprint density at radius 2 is 1.88 bits per heavy atom. The third-order valence-electron chi connectivity index (χ3n) is 2.10. The van der Waals surface area contributed by atoms with Crippen molar-refractivity contribution in [2.75, 3.05) is 0 Å². The van der Waals surface area contributed by atoms with Crippen molar-refractivity contribution in [2.24, 2.45) is 0 Å². The van der Waals surface area contributed by atoms with Crippen LogP contribution in [0.1, 0.15) is 0 Å². The number of nitrogens with zero attached hydrogens (tertiary/aromatic N) is 1. The van der Waals surface area contributed by atoms with Gasteiger partial charge >= 0.3 is 5.69 Å². The lowest BCUT2D eigenvalue weighted by atomic mass is 10.2. The van der Waals surface area contributed by atoms with E-state index in [1.54, 1.807) is 0 Å². The van der Waals surface area contributed by atoms with Crippen LogP contribution in [0.4, 0.5) is 14.5 Å². The van der Waals surface area contributed by atoms with E-state index >= 15 is 0 Å². The Hall–Kier alpha value is -2.31. The molecule has 1 aromatic heterocycles. The number of H-pyrrole nitrogens is 1. The van der Waals surface area contributed by atoms with Gasteiger partial charge in [-0.3, -0.25) is 14.9 Å². The molecule has 0 aliphatic heterocycles. The molecule has 1 N–H and O–H groups in total. The summed E-state index contributed by atoms with van der Waals surface area (Å²) in [5.41, 5.74) is -1.65. The van der Waals surface area contributed by atoms with Gasteiger partial charge in [-0.15, -0.1) is 0 Å². The zero-order chi connectivity index (χ0) is 11.9. The van der Waals surface area contributed by atoms with Gasteiger partial charge in [-0.1, -0.05) is 0 Å². The minimum Gasteiger partial charge on any atom is -0.355 e. The normalized spacial score (nSPS) is 10.6. The molecule has 0 radical (unpaired) electrons. The van der Waals surface area contributed by atoms with Gasteiger partial charge in [-0.25, -0.2) is 8.78 Å². The molecule has 0 atom stereocenters. The minimum atomic E-state index is -1.22. The average molecular weight is 226 g/mol. The maximum absolute atomic E-state index is 12.9. The molecule has 2 rings (SSSR count). The molecule has 0 amide bonds. The Balaban J connectivity index is 2.90. The van der Waals surface area contributed by atoms with Crippen LogP contribution >= 0.6 is 0 Å². The van der Waals surface area contributed by atoms with Crippen LogP contribution in [0.3, 0.4) is 0 Å². The summed E-state index contributed by atoms with van der Waals surface area (Å²) in [7, 11) is 0. The number of pyridine rings is 1. The molecule has 1 aromatic carbocycles. The second-order valence-corrected chi connectivity index (χ2v) is 3.07. The van der Waals surface area contributed by atoms with Gasteiger partial charge in [0.15, 0.2) is 11.6 Å². The molecule has 0 aliphatic carbocycles. The number of benzene rings is 1. The fourth-order valence-electron chi connectivity index (χ4n) is 1.34. The van der Waals surface area contributed by atoms with E-state index in [1.165, 1.54) is 0 Å². The van der Waals surface area contributed by atoms with Gasteiger partial charge in [0, 0.05) is 6.07 Å². The standard InChI is InChI=1S/C9H4F2N2O3/c10-5-1-4-7(2-6(5)11)12-3-8(9(4)14)13(15)16/h1-3H,(H,12,14). The van der Waals surface area contributed by atoms with Crippen molar-refractivity contribution >= 4 is 16.6 Å². The maximum Gasteiger partial charge on any atom is 0.332 e. The second kappa shape index (κ2) is 3.37.